The fourth-order valence-corrected chi connectivity index (χ4v) is 9.46. The molecule has 0 aromatic heterocycles. The van der Waals surface area contributed by atoms with Crippen molar-refractivity contribution in [3.8, 4) is 33.4 Å². The summed E-state index contributed by atoms with van der Waals surface area (Å²) in [4.78, 5) is 2.42. The fraction of sp³-hybridized carbons (Fsp3) is 0.0545. The van der Waals surface area contributed by atoms with Gasteiger partial charge in [0, 0.05) is 22.5 Å². The Balaban J connectivity index is 1.10. The second-order valence-corrected chi connectivity index (χ2v) is 15.7. The Kier molecular flexibility index (Phi) is 7.28. The van der Waals surface area contributed by atoms with Crippen molar-refractivity contribution in [1.82, 2.24) is 0 Å². The van der Waals surface area contributed by atoms with E-state index in [1.807, 2.05) is 0 Å². The van der Waals surface area contributed by atoms with E-state index in [4.69, 9.17) is 0 Å². The maximum absolute atomic E-state index is 2.42. The highest BCUT2D eigenvalue weighted by atomic mass is 15.1. The number of hydrogen-bond donors (Lipinski definition) is 0. The maximum atomic E-state index is 2.42. The van der Waals surface area contributed by atoms with Gasteiger partial charge in [-0.1, -0.05) is 172 Å². The third kappa shape index (κ3) is 5.01. The van der Waals surface area contributed by atoms with Gasteiger partial charge in [0.1, 0.15) is 0 Å². The smallest absolute Gasteiger partial charge is 0.0468 e. The molecule has 1 aliphatic rings. The predicted octanol–water partition coefficient (Wildman–Crippen LogP) is 15.4. The molecule has 10 aromatic carbocycles. The van der Waals surface area contributed by atoms with Crippen LogP contribution in [0, 0.1) is 0 Å². The molecule has 10 aromatic rings. The van der Waals surface area contributed by atoms with Crippen LogP contribution in [-0.2, 0) is 5.41 Å². The molecule has 0 atom stereocenters. The van der Waals surface area contributed by atoms with Crippen LogP contribution < -0.4 is 4.90 Å². The SMILES string of the molecule is CC1(C)c2ccccc2-c2cc(N(c3ccc(-c4cc5ccccc5c5c4ccc4ccc6ccccc6c45)cc3)c3cccc(-c4ccccc4)c3)ccc21. The van der Waals surface area contributed by atoms with Gasteiger partial charge in [-0.05, 0) is 130 Å². The van der Waals surface area contributed by atoms with Crippen LogP contribution in [0.1, 0.15) is 25.0 Å². The van der Waals surface area contributed by atoms with E-state index in [1.54, 1.807) is 0 Å². The average molecular weight is 714 g/mol. The zero-order valence-electron chi connectivity index (χ0n) is 31.5. The molecule has 56 heavy (non-hydrogen) atoms. The summed E-state index contributed by atoms with van der Waals surface area (Å²) >= 11 is 0. The number of benzene rings is 10. The Morgan fingerprint density at radius 1 is 0.321 bits per heavy atom. The Bertz CT molecular complexity index is 3150. The minimum Gasteiger partial charge on any atom is -0.310 e. The number of anilines is 3. The molecule has 0 amide bonds. The minimum absolute atomic E-state index is 0.0512. The molecule has 0 unspecified atom stereocenters. The zero-order valence-corrected chi connectivity index (χ0v) is 31.5. The predicted molar refractivity (Wildman–Crippen MR) is 240 cm³/mol. The molecule has 0 saturated heterocycles. The Labute approximate surface area is 327 Å². The molecule has 0 fully saturated rings. The van der Waals surface area contributed by atoms with Crippen molar-refractivity contribution in [2.24, 2.45) is 0 Å². The first-order valence-corrected chi connectivity index (χ1v) is 19.6. The van der Waals surface area contributed by atoms with Crippen LogP contribution in [0.15, 0.2) is 200 Å². The highest BCUT2D eigenvalue weighted by Gasteiger charge is 2.35. The van der Waals surface area contributed by atoms with Crippen LogP contribution in [0.4, 0.5) is 17.1 Å². The Morgan fingerprint density at radius 3 is 1.79 bits per heavy atom. The van der Waals surface area contributed by atoms with Gasteiger partial charge >= 0.3 is 0 Å². The second kappa shape index (κ2) is 12.5. The first-order chi connectivity index (χ1) is 27.5. The quantitative estimate of drug-likeness (QED) is 0.161. The summed E-state index contributed by atoms with van der Waals surface area (Å²) in [6.45, 7) is 4.69. The topological polar surface area (TPSA) is 3.24 Å². The van der Waals surface area contributed by atoms with E-state index in [-0.39, 0.29) is 5.41 Å². The lowest BCUT2D eigenvalue weighted by Gasteiger charge is -2.28. The lowest BCUT2D eigenvalue weighted by atomic mass is 9.82. The molecular formula is C55H39N. The van der Waals surface area contributed by atoms with E-state index in [0.717, 1.165) is 17.1 Å². The van der Waals surface area contributed by atoms with Gasteiger partial charge in [-0.3, -0.25) is 0 Å². The first kappa shape index (κ1) is 32.5. The highest BCUT2D eigenvalue weighted by molar-refractivity contribution is 6.29. The van der Waals surface area contributed by atoms with Gasteiger partial charge in [-0.2, -0.15) is 0 Å². The average Bonchev–Trinajstić information content (AvgIpc) is 3.49. The molecule has 0 N–H and O–H groups in total. The van der Waals surface area contributed by atoms with E-state index in [9.17, 15) is 0 Å². The summed E-state index contributed by atoms with van der Waals surface area (Å²) in [5.74, 6) is 0. The second-order valence-electron chi connectivity index (χ2n) is 15.7. The van der Waals surface area contributed by atoms with Crippen molar-refractivity contribution in [1.29, 1.82) is 0 Å². The highest BCUT2D eigenvalue weighted by Crippen LogP contribution is 2.51. The molecule has 264 valence electrons. The first-order valence-electron chi connectivity index (χ1n) is 19.6. The van der Waals surface area contributed by atoms with Gasteiger partial charge < -0.3 is 4.90 Å². The molecule has 0 saturated carbocycles. The lowest BCUT2D eigenvalue weighted by Crippen LogP contribution is -2.15. The molecular weight excluding hydrogens is 675 g/mol. The molecule has 0 radical (unpaired) electrons. The lowest BCUT2D eigenvalue weighted by molar-refractivity contribution is 0.660. The molecule has 0 heterocycles. The van der Waals surface area contributed by atoms with E-state index in [1.165, 1.54) is 87.6 Å². The summed E-state index contributed by atoms with van der Waals surface area (Å²) in [5.41, 5.74) is 13.6. The summed E-state index contributed by atoms with van der Waals surface area (Å²) in [7, 11) is 0. The van der Waals surface area contributed by atoms with Crippen LogP contribution in [0.5, 0.6) is 0 Å². The summed E-state index contributed by atoms with van der Waals surface area (Å²) in [6, 6.07) is 74.0. The van der Waals surface area contributed by atoms with E-state index in [2.05, 4.69) is 219 Å². The van der Waals surface area contributed by atoms with Gasteiger partial charge in [0.15, 0.2) is 0 Å². The normalized spacial score (nSPS) is 13.0. The van der Waals surface area contributed by atoms with Gasteiger partial charge in [0.2, 0.25) is 0 Å². The monoisotopic (exact) mass is 713 g/mol. The van der Waals surface area contributed by atoms with Gasteiger partial charge in [0.25, 0.3) is 0 Å². The van der Waals surface area contributed by atoms with E-state index in [0.29, 0.717) is 0 Å². The Hall–Kier alpha value is -6.96. The van der Waals surface area contributed by atoms with Crippen molar-refractivity contribution in [3.05, 3.63) is 211 Å². The zero-order chi connectivity index (χ0) is 37.4. The number of nitrogens with zero attached hydrogens (tertiary/aromatic N) is 1. The maximum Gasteiger partial charge on any atom is 0.0468 e. The molecule has 0 spiro atoms. The fourth-order valence-electron chi connectivity index (χ4n) is 9.46. The number of fused-ring (bicyclic) bond motifs is 10. The van der Waals surface area contributed by atoms with Crippen LogP contribution in [-0.4, -0.2) is 0 Å². The molecule has 0 bridgehead atoms. The van der Waals surface area contributed by atoms with Crippen LogP contribution in [0.25, 0.3) is 76.5 Å². The Morgan fingerprint density at radius 2 is 0.946 bits per heavy atom. The van der Waals surface area contributed by atoms with Crippen molar-refractivity contribution >= 4 is 60.2 Å². The van der Waals surface area contributed by atoms with Crippen molar-refractivity contribution in [2.45, 2.75) is 19.3 Å². The minimum atomic E-state index is -0.0512. The van der Waals surface area contributed by atoms with Crippen molar-refractivity contribution in [2.75, 3.05) is 4.90 Å². The number of hydrogen-bond acceptors (Lipinski definition) is 1. The number of rotatable bonds is 5. The van der Waals surface area contributed by atoms with Crippen molar-refractivity contribution < 1.29 is 0 Å². The van der Waals surface area contributed by atoms with E-state index >= 15 is 0 Å². The van der Waals surface area contributed by atoms with Crippen molar-refractivity contribution in [3.63, 3.8) is 0 Å². The van der Waals surface area contributed by atoms with Gasteiger partial charge in [0.05, 0.1) is 0 Å². The van der Waals surface area contributed by atoms with E-state index < -0.39 is 0 Å². The third-order valence-corrected chi connectivity index (χ3v) is 12.2. The molecule has 1 nitrogen and oxygen atoms in total. The standard InChI is InChI=1S/C55H39N/c1-55(2)51-22-11-10-21-47(51)50-35-44(30-32-52(50)55)56(43-18-12-17-40(33-43)36-13-4-3-5-14-36)42-28-25-38(26-29-42)49-34-41-16-7-9-20-46(41)54-48(49)31-27-39-24-23-37-15-6-8-19-45(37)53(39)54/h3-35H,1-2H3. The van der Waals surface area contributed by atoms with Crippen LogP contribution in [0.3, 0.4) is 0 Å². The van der Waals surface area contributed by atoms with Gasteiger partial charge in [-0.15, -0.1) is 0 Å². The molecule has 1 aliphatic carbocycles. The summed E-state index contributed by atoms with van der Waals surface area (Å²) in [5, 5.41) is 10.3. The van der Waals surface area contributed by atoms with Gasteiger partial charge in [-0.25, -0.2) is 0 Å². The molecule has 11 rings (SSSR count). The summed E-state index contributed by atoms with van der Waals surface area (Å²) in [6.07, 6.45) is 0. The summed E-state index contributed by atoms with van der Waals surface area (Å²) < 4.78 is 0. The van der Waals surface area contributed by atoms with Crippen LogP contribution in [0.2, 0.25) is 0 Å². The third-order valence-electron chi connectivity index (χ3n) is 12.2. The molecule has 0 aliphatic heterocycles. The van der Waals surface area contributed by atoms with Crippen LogP contribution >= 0.6 is 0 Å². The largest absolute Gasteiger partial charge is 0.310 e. The molecule has 1 heteroatoms.